The fourth-order valence-corrected chi connectivity index (χ4v) is 1.64. The summed E-state index contributed by atoms with van der Waals surface area (Å²) in [4.78, 5) is 15.7. The molecular weight excluding hydrogens is 285 g/mol. The number of amides is 1. The molecule has 1 aromatic heterocycles. The Morgan fingerprint density at radius 1 is 1.37 bits per heavy atom. The molecule has 1 aromatic rings. The number of nitrogens with two attached hydrogens (primary N) is 1. The van der Waals surface area contributed by atoms with Gasteiger partial charge in [-0.2, -0.15) is 0 Å². The maximum atomic E-state index is 11.7. The van der Waals surface area contributed by atoms with Gasteiger partial charge in [-0.3, -0.25) is 9.78 Å². The highest BCUT2D eigenvalue weighted by molar-refractivity contribution is 5.85. The van der Waals surface area contributed by atoms with Crippen molar-refractivity contribution in [2.24, 2.45) is 5.73 Å². The van der Waals surface area contributed by atoms with Gasteiger partial charge in [0.1, 0.15) is 0 Å². The first-order chi connectivity index (χ1) is 8.13. The third-order valence-electron chi connectivity index (χ3n) is 2.68. The number of pyridine rings is 1. The molecule has 0 fully saturated rings. The Balaban J connectivity index is 0. The van der Waals surface area contributed by atoms with Gasteiger partial charge >= 0.3 is 0 Å². The van der Waals surface area contributed by atoms with Gasteiger partial charge in [-0.25, -0.2) is 0 Å². The van der Waals surface area contributed by atoms with E-state index < -0.39 is 0 Å². The SMILES string of the molecule is CCC(NC(=O)CCC(C)N)c1ccncc1.Cl.Cl. The van der Waals surface area contributed by atoms with E-state index in [2.05, 4.69) is 17.2 Å². The van der Waals surface area contributed by atoms with Crippen molar-refractivity contribution in [3.05, 3.63) is 30.1 Å². The van der Waals surface area contributed by atoms with Crippen LogP contribution in [0.5, 0.6) is 0 Å². The first-order valence-corrected chi connectivity index (χ1v) is 6.08. The number of rotatable bonds is 6. The number of carbonyl (C=O) groups excluding carboxylic acids is 1. The molecule has 0 bridgehead atoms. The summed E-state index contributed by atoms with van der Waals surface area (Å²) in [6.07, 6.45) is 5.56. The number of halogens is 2. The minimum atomic E-state index is 0. The largest absolute Gasteiger partial charge is 0.349 e. The van der Waals surface area contributed by atoms with Gasteiger partial charge in [0.2, 0.25) is 5.91 Å². The molecule has 4 nitrogen and oxygen atoms in total. The van der Waals surface area contributed by atoms with Gasteiger partial charge in [0.25, 0.3) is 0 Å². The second-order valence-electron chi connectivity index (χ2n) is 4.32. The summed E-state index contributed by atoms with van der Waals surface area (Å²) < 4.78 is 0. The van der Waals surface area contributed by atoms with E-state index >= 15 is 0 Å². The summed E-state index contributed by atoms with van der Waals surface area (Å²) >= 11 is 0. The van der Waals surface area contributed by atoms with Crippen LogP contribution in [0.3, 0.4) is 0 Å². The molecular formula is C13H23Cl2N3O. The monoisotopic (exact) mass is 307 g/mol. The molecule has 1 amide bonds. The van der Waals surface area contributed by atoms with E-state index in [1.54, 1.807) is 12.4 Å². The van der Waals surface area contributed by atoms with Gasteiger partial charge in [0.05, 0.1) is 6.04 Å². The van der Waals surface area contributed by atoms with Gasteiger partial charge in [-0.15, -0.1) is 24.8 Å². The summed E-state index contributed by atoms with van der Waals surface area (Å²) in [5.41, 5.74) is 6.72. The lowest BCUT2D eigenvalue weighted by Gasteiger charge is -2.17. The minimum absolute atomic E-state index is 0. The summed E-state index contributed by atoms with van der Waals surface area (Å²) in [5.74, 6) is 0.0611. The quantitative estimate of drug-likeness (QED) is 0.849. The molecule has 3 N–H and O–H groups in total. The Hall–Kier alpha value is -0.840. The Kier molecular flexibility index (Phi) is 11.9. The number of aromatic nitrogens is 1. The predicted molar refractivity (Wildman–Crippen MR) is 82.8 cm³/mol. The van der Waals surface area contributed by atoms with Crippen molar-refractivity contribution in [3.8, 4) is 0 Å². The zero-order chi connectivity index (χ0) is 12.7. The van der Waals surface area contributed by atoms with Crippen molar-refractivity contribution >= 4 is 30.7 Å². The topological polar surface area (TPSA) is 68.0 Å². The highest BCUT2D eigenvalue weighted by atomic mass is 35.5. The van der Waals surface area contributed by atoms with E-state index in [0.717, 1.165) is 18.4 Å². The van der Waals surface area contributed by atoms with Crippen LogP contribution in [0.25, 0.3) is 0 Å². The number of nitrogens with one attached hydrogen (secondary N) is 1. The summed E-state index contributed by atoms with van der Waals surface area (Å²) in [5, 5.41) is 3.02. The zero-order valence-corrected chi connectivity index (χ0v) is 13.0. The van der Waals surface area contributed by atoms with Gasteiger partial charge < -0.3 is 11.1 Å². The van der Waals surface area contributed by atoms with Crippen LogP contribution >= 0.6 is 24.8 Å². The second-order valence-corrected chi connectivity index (χ2v) is 4.32. The Labute approximate surface area is 127 Å². The third kappa shape index (κ3) is 8.03. The summed E-state index contributed by atoms with van der Waals surface area (Å²) in [7, 11) is 0. The molecule has 0 aliphatic carbocycles. The van der Waals surface area contributed by atoms with Gasteiger partial charge in [-0.05, 0) is 37.5 Å². The van der Waals surface area contributed by atoms with Crippen LogP contribution in [0.4, 0.5) is 0 Å². The molecule has 0 spiro atoms. The molecule has 110 valence electrons. The smallest absolute Gasteiger partial charge is 0.220 e. The average Bonchev–Trinajstić information content (AvgIpc) is 2.34. The number of carbonyl (C=O) groups is 1. The first kappa shape index (κ1) is 20.5. The molecule has 0 radical (unpaired) electrons. The fraction of sp³-hybridized carbons (Fsp3) is 0.538. The molecule has 2 unspecified atom stereocenters. The molecule has 0 aromatic carbocycles. The summed E-state index contributed by atoms with van der Waals surface area (Å²) in [6, 6.07) is 4.00. The van der Waals surface area contributed by atoms with E-state index in [-0.39, 0.29) is 42.8 Å². The van der Waals surface area contributed by atoms with Crippen LogP contribution in [-0.2, 0) is 4.79 Å². The molecule has 0 aliphatic rings. The van der Waals surface area contributed by atoms with E-state index in [1.807, 2.05) is 19.1 Å². The van der Waals surface area contributed by atoms with Crippen molar-refractivity contribution in [1.82, 2.24) is 10.3 Å². The van der Waals surface area contributed by atoms with Crippen molar-refractivity contribution in [2.45, 2.75) is 45.2 Å². The van der Waals surface area contributed by atoms with Gasteiger partial charge in [0.15, 0.2) is 0 Å². The Bertz CT molecular complexity index is 347. The number of hydrogen-bond donors (Lipinski definition) is 2. The molecule has 19 heavy (non-hydrogen) atoms. The van der Waals surface area contributed by atoms with E-state index in [4.69, 9.17) is 5.73 Å². The lowest BCUT2D eigenvalue weighted by atomic mass is 10.1. The molecule has 2 atom stereocenters. The Morgan fingerprint density at radius 3 is 2.42 bits per heavy atom. The Morgan fingerprint density at radius 2 is 1.95 bits per heavy atom. The van der Waals surface area contributed by atoms with Crippen LogP contribution in [0.2, 0.25) is 0 Å². The van der Waals surface area contributed by atoms with Crippen molar-refractivity contribution < 1.29 is 4.79 Å². The number of nitrogens with zero attached hydrogens (tertiary/aromatic N) is 1. The van der Waals surface area contributed by atoms with Crippen LogP contribution in [-0.4, -0.2) is 16.9 Å². The van der Waals surface area contributed by atoms with Crippen molar-refractivity contribution in [1.29, 1.82) is 0 Å². The van der Waals surface area contributed by atoms with Crippen LogP contribution in [0.15, 0.2) is 24.5 Å². The maximum Gasteiger partial charge on any atom is 0.220 e. The average molecular weight is 308 g/mol. The lowest BCUT2D eigenvalue weighted by molar-refractivity contribution is -0.122. The van der Waals surface area contributed by atoms with Crippen molar-refractivity contribution in [2.75, 3.05) is 0 Å². The van der Waals surface area contributed by atoms with Crippen LogP contribution in [0.1, 0.15) is 44.7 Å². The highest BCUT2D eigenvalue weighted by Crippen LogP contribution is 2.15. The fourth-order valence-electron chi connectivity index (χ4n) is 1.64. The maximum absolute atomic E-state index is 11.7. The first-order valence-electron chi connectivity index (χ1n) is 6.08. The normalized spacial score (nSPS) is 12.6. The standard InChI is InChI=1S/C13H21N3O.2ClH/c1-3-12(11-6-8-15-9-7-11)16-13(17)5-4-10(2)14;;/h6-10,12H,3-5,14H2,1-2H3,(H,16,17);2*1H. The van der Waals surface area contributed by atoms with Gasteiger partial charge in [-0.1, -0.05) is 6.92 Å². The van der Waals surface area contributed by atoms with Crippen LogP contribution < -0.4 is 11.1 Å². The van der Waals surface area contributed by atoms with E-state index in [1.165, 1.54) is 0 Å². The van der Waals surface area contributed by atoms with E-state index in [0.29, 0.717) is 6.42 Å². The predicted octanol–water partition coefficient (Wildman–Crippen LogP) is 2.62. The minimum Gasteiger partial charge on any atom is -0.349 e. The molecule has 1 heterocycles. The highest BCUT2D eigenvalue weighted by Gasteiger charge is 2.12. The third-order valence-corrected chi connectivity index (χ3v) is 2.68. The summed E-state index contributed by atoms with van der Waals surface area (Å²) in [6.45, 7) is 3.96. The zero-order valence-electron chi connectivity index (χ0n) is 11.3. The van der Waals surface area contributed by atoms with E-state index in [9.17, 15) is 4.79 Å². The molecule has 0 saturated heterocycles. The molecule has 6 heteroatoms. The van der Waals surface area contributed by atoms with Crippen molar-refractivity contribution in [3.63, 3.8) is 0 Å². The lowest BCUT2D eigenvalue weighted by Crippen LogP contribution is -2.29. The second kappa shape index (κ2) is 11.0. The molecule has 0 saturated carbocycles. The van der Waals surface area contributed by atoms with Gasteiger partial charge in [0, 0.05) is 24.9 Å². The molecule has 1 rings (SSSR count). The number of hydrogen-bond acceptors (Lipinski definition) is 3. The molecule has 0 aliphatic heterocycles. The van der Waals surface area contributed by atoms with Crippen LogP contribution in [0, 0.1) is 0 Å².